The molecule has 5 aromatic heterocycles. The Balaban J connectivity index is 1.45. The van der Waals surface area contributed by atoms with Crippen molar-refractivity contribution in [3.8, 4) is 21.7 Å². The number of aryl methyl sites for hydroxylation is 1. The van der Waals surface area contributed by atoms with Gasteiger partial charge in [0.2, 0.25) is 0 Å². The molecule has 0 radical (unpaired) electrons. The second-order valence-electron chi connectivity index (χ2n) is 7.94. The summed E-state index contributed by atoms with van der Waals surface area (Å²) in [5.74, 6) is 0. The van der Waals surface area contributed by atoms with Crippen molar-refractivity contribution in [3.63, 3.8) is 0 Å². The van der Waals surface area contributed by atoms with Crippen molar-refractivity contribution < 1.29 is 0 Å². The van der Waals surface area contributed by atoms with Crippen LogP contribution < -0.4 is 0 Å². The summed E-state index contributed by atoms with van der Waals surface area (Å²) < 4.78 is 1.80. The minimum Gasteiger partial charge on any atom is -0.338 e. The quantitative estimate of drug-likeness (QED) is 0.468. The third-order valence-corrected chi connectivity index (χ3v) is 7.30. The third-order valence-electron chi connectivity index (χ3n) is 6.01. The lowest BCUT2D eigenvalue weighted by Gasteiger charge is -2.24. The van der Waals surface area contributed by atoms with E-state index in [1.165, 1.54) is 20.9 Å². The van der Waals surface area contributed by atoms with Crippen molar-refractivity contribution in [2.75, 3.05) is 13.1 Å². The Bertz CT molecular complexity index is 1390. The van der Waals surface area contributed by atoms with E-state index >= 15 is 0 Å². The first-order chi connectivity index (χ1) is 14.7. The number of rotatable bonds is 3. The number of H-pyrrole nitrogens is 1. The van der Waals surface area contributed by atoms with Gasteiger partial charge in [-0.25, -0.2) is 4.98 Å². The van der Waals surface area contributed by atoms with E-state index in [0.717, 1.165) is 59.2 Å². The molecule has 6 heterocycles. The molecule has 0 aromatic carbocycles. The highest BCUT2D eigenvalue weighted by atomic mass is 32.1. The predicted molar refractivity (Wildman–Crippen MR) is 122 cm³/mol. The second-order valence-corrected chi connectivity index (χ2v) is 9.08. The summed E-state index contributed by atoms with van der Waals surface area (Å²) in [5.41, 5.74) is 6.51. The number of nitrogens with zero attached hydrogens (tertiary/aromatic N) is 5. The van der Waals surface area contributed by atoms with Crippen molar-refractivity contribution in [1.82, 2.24) is 29.6 Å². The molecule has 0 atom stereocenters. The highest BCUT2D eigenvalue weighted by Gasteiger charge is 2.19. The Labute approximate surface area is 178 Å². The first-order valence-electron chi connectivity index (χ1n) is 10.3. The van der Waals surface area contributed by atoms with E-state index in [1.807, 2.05) is 43.2 Å². The zero-order valence-corrected chi connectivity index (χ0v) is 17.8. The number of fused-ring (bicyclic) bond motifs is 4. The van der Waals surface area contributed by atoms with Gasteiger partial charge in [0.25, 0.3) is 0 Å². The van der Waals surface area contributed by atoms with Crippen molar-refractivity contribution in [3.05, 3.63) is 53.4 Å². The first-order valence-corrected chi connectivity index (χ1v) is 11.1. The summed E-state index contributed by atoms with van der Waals surface area (Å²) in [6, 6.07) is 6.76. The second kappa shape index (κ2) is 6.75. The minimum absolute atomic E-state index is 0.900. The standard InChI is InChI=1S/C23H22N6S/c1-3-29-5-4-21-15(13-29)7-22(30-21)14-6-18-17-8-19(16-10-26-28(2)12-16)24-11-20(17)27-23(18)25-9-14/h6-12H,3-5,13H2,1-2H3,(H,25,27). The van der Waals surface area contributed by atoms with E-state index in [-0.39, 0.29) is 0 Å². The lowest BCUT2D eigenvalue weighted by Crippen LogP contribution is -2.29. The molecule has 0 bridgehead atoms. The zero-order chi connectivity index (χ0) is 20.2. The number of nitrogens with one attached hydrogen (secondary N) is 1. The maximum atomic E-state index is 4.74. The third kappa shape index (κ3) is 2.85. The average Bonchev–Trinajstić information content (AvgIpc) is 3.48. The Morgan fingerprint density at radius 2 is 2.00 bits per heavy atom. The maximum Gasteiger partial charge on any atom is 0.138 e. The lowest BCUT2D eigenvalue weighted by atomic mass is 10.1. The van der Waals surface area contributed by atoms with Gasteiger partial charge in [0, 0.05) is 64.2 Å². The van der Waals surface area contributed by atoms with E-state index < -0.39 is 0 Å². The molecule has 0 saturated carbocycles. The van der Waals surface area contributed by atoms with E-state index in [9.17, 15) is 0 Å². The Morgan fingerprint density at radius 3 is 2.83 bits per heavy atom. The molecule has 0 spiro atoms. The van der Waals surface area contributed by atoms with Gasteiger partial charge < -0.3 is 4.98 Å². The molecule has 0 unspecified atom stereocenters. The van der Waals surface area contributed by atoms with Gasteiger partial charge in [0.15, 0.2) is 0 Å². The smallest absolute Gasteiger partial charge is 0.138 e. The van der Waals surface area contributed by atoms with Crippen LogP contribution in [0.15, 0.2) is 43.0 Å². The number of hydrogen-bond acceptors (Lipinski definition) is 5. The molecule has 0 fully saturated rings. The molecule has 0 amide bonds. The van der Waals surface area contributed by atoms with Gasteiger partial charge in [0.05, 0.1) is 23.6 Å². The molecular weight excluding hydrogens is 392 g/mol. The fraction of sp³-hybridized carbons (Fsp3) is 0.261. The monoisotopic (exact) mass is 414 g/mol. The Kier molecular flexibility index (Phi) is 4.01. The molecule has 1 aliphatic rings. The average molecular weight is 415 g/mol. The van der Waals surface area contributed by atoms with Gasteiger partial charge >= 0.3 is 0 Å². The summed E-state index contributed by atoms with van der Waals surface area (Å²) in [4.78, 5) is 18.1. The van der Waals surface area contributed by atoms with Gasteiger partial charge in [-0.1, -0.05) is 6.92 Å². The van der Waals surface area contributed by atoms with Crippen molar-refractivity contribution in [2.45, 2.75) is 19.9 Å². The van der Waals surface area contributed by atoms with Crippen LogP contribution >= 0.6 is 11.3 Å². The van der Waals surface area contributed by atoms with E-state index in [0.29, 0.717) is 0 Å². The van der Waals surface area contributed by atoms with Crippen LogP contribution in [-0.2, 0) is 20.0 Å². The van der Waals surface area contributed by atoms with E-state index in [4.69, 9.17) is 4.98 Å². The van der Waals surface area contributed by atoms with Gasteiger partial charge in [0.1, 0.15) is 5.65 Å². The highest BCUT2D eigenvalue weighted by Crippen LogP contribution is 2.37. The maximum absolute atomic E-state index is 4.74. The van der Waals surface area contributed by atoms with E-state index in [1.54, 1.807) is 4.68 Å². The highest BCUT2D eigenvalue weighted by molar-refractivity contribution is 7.15. The van der Waals surface area contributed by atoms with Crippen LogP contribution in [0.2, 0.25) is 0 Å². The lowest BCUT2D eigenvalue weighted by molar-refractivity contribution is 0.270. The molecule has 6 nitrogen and oxygen atoms in total. The first kappa shape index (κ1) is 17.8. The van der Waals surface area contributed by atoms with Crippen LogP contribution in [0.4, 0.5) is 0 Å². The van der Waals surface area contributed by atoms with E-state index in [2.05, 4.69) is 45.1 Å². The van der Waals surface area contributed by atoms with Gasteiger partial charge in [-0.3, -0.25) is 14.6 Å². The van der Waals surface area contributed by atoms with Crippen molar-refractivity contribution >= 4 is 33.3 Å². The minimum atomic E-state index is 0.900. The SMILES string of the molecule is CCN1CCc2sc(-c3cnc4[nH]c5cnc(-c6cnn(C)c6)cc5c4c3)cc2C1. The number of hydrogen-bond donors (Lipinski definition) is 1. The predicted octanol–water partition coefficient (Wildman–Crippen LogP) is 4.62. The van der Waals surface area contributed by atoms with Crippen molar-refractivity contribution in [2.24, 2.45) is 7.05 Å². The van der Waals surface area contributed by atoms with Crippen LogP contribution in [0.5, 0.6) is 0 Å². The van der Waals surface area contributed by atoms with Gasteiger partial charge in [-0.15, -0.1) is 11.3 Å². The molecule has 1 aliphatic heterocycles. The normalized spacial score (nSPS) is 14.6. The number of pyridine rings is 2. The number of aromatic amines is 1. The fourth-order valence-electron chi connectivity index (χ4n) is 4.32. The topological polar surface area (TPSA) is 62.6 Å². The summed E-state index contributed by atoms with van der Waals surface area (Å²) >= 11 is 1.92. The summed E-state index contributed by atoms with van der Waals surface area (Å²) in [6.07, 6.45) is 8.87. The van der Waals surface area contributed by atoms with Crippen LogP contribution in [0.3, 0.4) is 0 Å². The Hall–Kier alpha value is -3.03. The van der Waals surface area contributed by atoms with Crippen LogP contribution in [0.25, 0.3) is 43.6 Å². The zero-order valence-electron chi connectivity index (χ0n) is 17.0. The fourth-order valence-corrected chi connectivity index (χ4v) is 5.47. The number of aromatic nitrogens is 5. The van der Waals surface area contributed by atoms with Gasteiger partial charge in [-0.2, -0.15) is 5.10 Å². The van der Waals surface area contributed by atoms with Crippen molar-refractivity contribution in [1.29, 1.82) is 0 Å². The molecule has 6 rings (SSSR count). The summed E-state index contributed by atoms with van der Waals surface area (Å²) in [6.45, 7) is 5.57. The molecule has 150 valence electrons. The molecule has 5 aromatic rings. The molecule has 7 heteroatoms. The van der Waals surface area contributed by atoms with Crippen LogP contribution in [-0.4, -0.2) is 42.7 Å². The van der Waals surface area contributed by atoms with Crippen LogP contribution in [0, 0.1) is 0 Å². The molecular formula is C23H22N6S. The molecule has 1 N–H and O–H groups in total. The number of thiophene rings is 1. The van der Waals surface area contributed by atoms with Crippen LogP contribution in [0.1, 0.15) is 17.4 Å². The number of likely N-dealkylation sites (N-methyl/N-ethyl adjacent to an activating group) is 1. The van der Waals surface area contributed by atoms with Gasteiger partial charge in [-0.05, 0) is 36.7 Å². The molecule has 30 heavy (non-hydrogen) atoms. The molecule has 0 saturated heterocycles. The Morgan fingerprint density at radius 1 is 1.07 bits per heavy atom. The largest absolute Gasteiger partial charge is 0.338 e. The summed E-state index contributed by atoms with van der Waals surface area (Å²) in [5, 5.41) is 6.56. The molecule has 0 aliphatic carbocycles. The summed E-state index contributed by atoms with van der Waals surface area (Å²) in [7, 11) is 1.92.